The monoisotopic (exact) mass is 488 g/mol. The van der Waals surface area contributed by atoms with Gasteiger partial charge in [0, 0.05) is 5.92 Å². The smallest absolute Gasteiger partial charge is 0.363 e. The number of aliphatic hydroxyl groups is 1. The van der Waals surface area contributed by atoms with Crippen LogP contribution in [0.1, 0.15) is 110 Å². The molecule has 0 aliphatic rings. The number of hydrogen-bond donors (Lipinski definition) is 3. The number of allylic oxidation sites excluding steroid dienone is 3. The number of quaternary nitrogens is 1. The summed E-state index contributed by atoms with van der Waals surface area (Å²) in [6.45, 7) is 5.83. The summed E-state index contributed by atoms with van der Waals surface area (Å²) in [5, 5.41) is 9.26. The molecule has 0 spiro atoms. The first-order valence-electron chi connectivity index (χ1n) is 13.3. The van der Waals surface area contributed by atoms with Crippen LogP contribution >= 0.6 is 7.60 Å². The molecule has 0 aliphatic carbocycles. The van der Waals surface area contributed by atoms with Gasteiger partial charge in [0.15, 0.2) is 0 Å². The molecule has 0 saturated carbocycles. The molecular formula is C27H55NO4P+. The van der Waals surface area contributed by atoms with Crippen molar-refractivity contribution in [2.24, 2.45) is 5.92 Å². The van der Waals surface area contributed by atoms with Crippen LogP contribution in [0.15, 0.2) is 24.8 Å². The van der Waals surface area contributed by atoms with E-state index in [9.17, 15) is 19.5 Å². The molecule has 0 aromatic heterocycles. The molecule has 0 saturated heterocycles. The van der Waals surface area contributed by atoms with Crippen LogP contribution in [0.3, 0.4) is 0 Å². The standard InChI is InChI=1S/C27H54NO4P/c1-6-8-10-11-12-13-14-15-16-17-18-19-20-21-22-24-26(23-9-7-2)27(29,33(30,31)32)25-28(3,4)5/h6,8,10,26,29H,1,7,9,11-25H2,2-5H3,(H-,30,31,32)/p+1/b10-8+. The normalized spacial score (nSPS) is 15.6. The van der Waals surface area contributed by atoms with Gasteiger partial charge in [-0.25, -0.2) is 0 Å². The van der Waals surface area contributed by atoms with Gasteiger partial charge in [-0.05, 0) is 25.7 Å². The van der Waals surface area contributed by atoms with E-state index in [1.54, 1.807) is 0 Å². The molecule has 0 amide bonds. The molecule has 0 aromatic rings. The van der Waals surface area contributed by atoms with Gasteiger partial charge in [-0.2, -0.15) is 0 Å². The summed E-state index contributed by atoms with van der Waals surface area (Å²) < 4.78 is 12.7. The summed E-state index contributed by atoms with van der Waals surface area (Å²) >= 11 is 0. The zero-order valence-electron chi connectivity index (χ0n) is 22.2. The van der Waals surface area contributed by atoms with Gasteiger partial charge < -0.3 is 19.4 Å². The van der Waals surface area contributed by atoms with E-state index in [1.807, 2.05) is 33.3 Å². The van der Waals surface area contributed by atoms with Crippen LogP contribution in [0.4, 0.5) is 0 Å². The highest BCUT2D eigenvalue weighted by Gasteiger charge is 2.54. The van der Waals surface area contributed by atoms with Gasteiger partial charge in [0.05, 0.1) is 21.1 Å². The minimum absolute atomic E-state index is 0.0666. The number of unbranched alkanes of at least 4 members (excludes halogenated alkanes) is 12. The Morgan fingerprint density at radius 2 is 1.30 bits per heavy atom. The fourth-order valence-corrected chi connectivity index (χ4v) is 5.99. The lowest BCUT2D eigenvalue weighted by Crippen LogP contribution is -2.53. The molecule has 0 bridgehead atoms. The SMILES string of the molecule is C=C/C=C/CCCCCCCCCCCCCC(CCCC)C(O)(C[N+](C)(C)C)P(=O)(O)O. The number of hydrogen-bond acceptors (Lipinski definition) is 2. The van der Waals surface area contributed by atoms with Crippen molar-refractivity contribution in [1.82, 2.24) is 0 Å². The maximum absolute atomic E-state index is 12.3. The molecule has 0 radical (unpaired) electrons. The second-order valence-corrected chi connectivity index (χ2v) is 12.7. The van der Waals surface area contributed by atoms with Crippen molar-refractivity contribution in [3.63, 3.8) is 0 Å². The van der Waals surface area contributed by atoms with E-state index in [4.69, 9.17) is 0 Å². The maximum atomic E-state index is 12.3. The molecule has 33 heavy (non-hydrogen) atoms. The van der Waals surface area contributed by atoms with Gasteiger partial charge in [0.1, 0.15) is 6.54 Å². The Morgan fingerprint density at radius 3 is 1.73 bits per heavy atom. The van der Waals surface area contributed by atoms with Gasteiger partial charge in [-0.3, -0.25) is 4.57 Å². The largest absolute Gasteiger partial charge is 0.373 e. The fraction of sp³-hybridized carbons (Fsp3) is 0.852. The van der Waals surface area contributed by atoms with E-state index in [1.165, 1.54) is 57.8 Å². The van der Waals surface area contributed by atoms with Gasteiger partial charge in [-0.1, -0.05) is 109 Å². The molecule has 0 rings (SSSR count). The Hall–Kier alpha value is -0.450. The first kappa shape index (κ1) is 32.5. The molecule has 0 aliphatic heterocycles. The lowest BCUT2D eigenvalue weighted by atomic mass is 9.89. The second-order valence-electron chi connectivity index (χ2n) is 10.8. The second kappa shape index (κ2) is 17.9. The summed E-state index contributed by atoms with van der Waals surface area (Å²) in [6.07, 6.45) is 23.9. The predicted molar refractivity (Wildman–Crippen MR) is 142 cm³/mol. The Balaban J connectivity index is 4.20. The van der Waals surface area contributed by atoms with Crippen LogP contribution in [0.5, 0.6) is 0 Å². The van der Waals surface area contributed by atoms with Crippen molar-refractivity contribution < 1.29 is 23.9 Å². The van der Waals surface area contributed by atoms with E-state index < -0.39 is 12.9 Å². The van der Waals surface area contributed by atoms with Crippen LogP contribution < -0.4 is 0 Å². The van der Waals surface area contributed by atoms with Crippen LogP contribution in [0, 0.1) is 5.92 Å². The molecule has 0 aromatic carbocycles. The summed E-state index contributed by atoms with van der Waals surface area (Å²) in [7, 11) is 0.985. The first-order valence-corrected chi connectivity index (χ1v) is 14.9. The van der Waals surface area contributed by atoms with Crippen LogP contribution in [-0.2, 0) is 4.57 Å². The average molecular weight is 489 g/mol. The topological polar surface area (TPSA) is 77.8 Å². The Morgan fingerprint density at radius 1 is 0.848 bits per heavy atom. The van der Waals surface area contributed by atoms with E-state index in [0.29, 0.717) is 17.3 Å². The summed E-state index contributed by atoms with van der Waals surface area (Å²) in [5.74, 6) is -0.358. The zero-order chi connectivity index (χ0) is 25.2. The minimum atomic E-state index is -4.64. The molecule has 2 unspecified atom stereocenters. The van der Waals surface area contributed by atoms with E-state index in [0.717, 1.165) is 32.1 Å². The molecule has 196 valence electrons. The quantitative estimate of drug-likeness (QED) is 0.0653. The van der Waals surface area contributed by atoms with Gasteiger partial charge >= 0.3 is 7.60 Å². The van der Waals surface area contributed by atoms with Crippen LogP contribution in [0.2, 0.25) is 0 Å². The Labute approximate surface area is 205 Å². The van der Waals surface area contributed by atoms with Gasteiger partial charge in [0.25, 0.3) is 0 Å². The number of rotatable bonds is 22. The third-order valence-electron chi connectivity index (χ3n) is 6.47. The first-order chi connectivity index (χ1) is 15.5. The molecule has 0 fully saturated rings. The zero-order valence-corrected chi connectivity index (χ0v) is 23.1. The summed E-state index contributed by atoms with van der Waals surface area (Å²) in [6, 6.07) is 0. The van der Waals surface area contributed by atoms with Crippen molar-refractivity contribution in [1.29, 1.82) is 0 Å². The molecule has 3 N–H and O–H groups in total. The molecule has 0 heterocycles. The van der Waals surface area contributed by atoms with Gasteiger partial charge in [-0.15, -0.1) is 0 Å². The summed E-state index contributed by atoms with van der Waals surface area (Å²) in [5.41, 5.74) is 0. The third kappa shape index (κ3) is 16.0. The lowest BCUT2D eigenvalue weighted by Gasteiger charge is -2.40. The summed E-state index contributed by atoms with van der Waals surface area (Å²) in [4.78, 5) is 20.1. The van der Waals surface area contributed by atoms with E-state index in [-0.39, 0.29) is 12.5 Å². The van der Waals surface area contributed by atoms with Crippen molar-refractivity contribution in [3.8, 4) is 0 Å². The van der Waals surface area contributed by atoms with E-state index >= 15 is 0 Å². The Kier molecular flexibility index (Phi) is 17.7. The third-order valence-corrected chi connectivity index (χ3v) is 7.98. The van der Waals surface area contributed by atoms with Crippen molar-refractivity contribution in [3.05, 3.63) is 24.8 Å². The van der Waals surface area contributed by atoms with Crippen molar-refractivity contribution in [2.45, 2.75) is 115 Å². The van der Waals surface area contributed by atoms with Crippen LogP contribution in [-0.4, -0.2) is 52.4 Å². The molecule has 2 atom stereocenters. The van der Waals surface area contributed by atoms with Gasteiger partial charge in [0.2, 0.25) is 5.34 Å². The van der Waals surface area contributed by atoms with Crippen molar-refractivity contribution in [2.75, 3.05) is 27.7 Å². The highest BCUT2D eigenvalue weighted by Crippen LogP contribution is 2.55. The minimum Gasteiger partial charge on any atom is -0.373 e. The highest BCUT2D eigenvalue weighted by molar-refractivity contribution is 7.53. The van der Waals surface area contributed by atoms with E-state index in [2.05, 4.69) is 19.6 Å². The molecular weight excluding hydrogens is 433 g/mol. The number of nitrogens with zero attached hydrogens (tertiary/aromatic N) is 1. The molecule has 5 nitrogen and oxygen atoms in total. The highest BCUT2D eigenvalue weighted by atomic mass is 31.2. The fourth-order valence-electron chi connectivity index (χ4n) is 4.65. The van der Waals surface area contributed by atoms with Crippen molar-refractivity contribution >= 4 is 7.60 Å². The maximum Gasteiger partial charge on any atom is 0.363 e. The van der Waals surface area contributed by atoms with Crippen LogP contribution in [0.25, 0.3) is 0 Å². The molecule has 6 heteroatoms. The predicted octanol–water partition coefficient (Wildman–Crippen LogP) is 7.18. The Bertz CT molecular complexity index is 567. The number of likely N-dealkylation sites (N-methyl/N-ethyl adjacent to an activating group) is 1. The average Bonchev–Trinajstić information content (AvgIpc) is 2.70. The lowest BCUT2D eigenvalue weighted by molar-refractivity contribution is -0.875.